The average Bonchev–Trinajstić information content (AvgIpc) is 2.99. The van der Waals surface area contributed by atoms with E-state index in [0.29, 0.717) is 12.4 Å². The summed E-state index contributed by atoms with van der Waals surface area (Å²) in [4.78, 5) is 23.6. The second kappa shape index (κ2) is 5.92. The fourth-order valence-electron chi connectivity index (χ4n) is 2.88. The molecule has 0 spiro atoms. The predicted octanol–water partition coefficient (Wildman–Crippen LogP) is -0.997. The Morgan fingerprint density at radius 3 is 2.44 bits per heavy atom. The highest BCUT2D eigenvalue weighted by Crippen LogP contribution is 2.22. The molecule has 0 N–H and O–H groups in total. The largest absolute Gasteiger partial charge is 0.330 e. The van der Waals surface area contributed by atoms with Gasteiger partial charge in [0.1, 0.15) is 11.6 Å². The first-order valence-electron chi connectivity index (χ1n) is 7.83. The smallest absolute Gasteiger partial charge is 0.312 e. The summed E-state index contributed by atoms with van der Waals surface area (Å²) >= 11 is 0. The summed E-state index contributed by atoms with van der Waals surface area (Å²) in [7, 11) is -1.39. The molecule has 0 aromatic carbocycles. The molecule has 10 nitrogen and oxygen atoms in total. The molecular weight excluding hydrogens is 348 g/mol. The van der Waals surface area contributed by atoms with E-state index in [1.807, 2.05) is 18.4 Å². The Morgan fingerprint density at radius 1 is 1.12 bits per heavy atom. The van der Waals surface area contributed by atoms with Gasteiger partial charge in [-0.15, -0.1) is 10.2 Å². The third-order valence-electron chi connectivity index (χ3n) is 4.30. The lowest BCUT2D eigenvalue weighted by Crippen LogP contribution is -2.44. The van der Waals surface area contributed by atoms with E-state index >= 15 is 0 Å². The monoisotopic (exact) mass is 368 g/mol. The summed E-state index contributed by atoms with van der Waals surface area (Å²) in [6.07, 6.45) is 1.07. The molecule has 1 aliphatic heterocycles. The van der Waals surface area contributed by atoms with Crippen molar-refractivity contribution < 1.29 is 8.42 Å². The molecule has 136 valence electrons. The van der Waals surface area contributed by atoms with Gasteiger partial charge in [-0.05, 0) is 0 Å². The molecular formula is C14H20N6O4S. The van der Waals surface area contributed by atoms with Gasteiger partial charge in [0.05, 0.1) is 6.54 Å². The van der Waals surface area contributed by atoms with E-state index in [4.69, 9.17) is 0 Å². The molecule has 0 aliphatic carbocycles. The summed E-state index contributed by atoms with van der Waals surface area (Å²) in [5, 5.41) is 8.20. The van der Waals surface area contributed by atoms with Gasteiger partial charge >= 0.3 is 5.69 Å². The number of nitrogens with zero attached hydrogens (tertiary/aromatic N) is 6. The molecule has 25 heavy (non-hydrogen) atoms. The van der Waals surface area contributed by atoms with Crippen molar-refractivity contribution in [3.05, 3.63) is 38.7 Å². The number of sulfonamides is 1. The highest BCUT2D eigenvalue weighted by molar-refractivity contribution is 7.89. The first-order valence-corrected chi connectivity index (χ1v) is 9.27. The number of hydrogen-bond donors (Lipinski definition) is 0. The van der Waals surface area contributed by atoms with Crippen molar-refractivity contribution in [1.29, 1.82) is 0 Å². The Bertz CT molecular complexity index is 1050. The van der Waals surface area contributed by atoms with Crippen LogP contribution in [0.2, 0.25) is 0 Å². The van der Waals surface area contributed by atoms with Gasteiger partial charge in [-0.25, -0.2) is 13.2 Å². The van der Waals surface area contributed by atoms with E-state index in [0.717, 1.165) is 21.2 Å². The van der Waals surface area contributed by atoms with Crippen molar-refractivity contribution in [3.63, 3.8) is 0 Å². The second-order valence-electron chi connectivity index (χ2n) is 6.37. The fourth-order valence-corrected chi connectivity index (χ4v) is 4.42. The molecule has 0 amide bonds. The van der Waals surface area contributed by atoms with Crippen molar-refractivity contribution in [3.8, 4) is 0 Å². The molecule has 2 aromatic rings. The van der Waals surface area contributed by atoms with Gasteiger partial charge in [-0.1, -0.05) is 13.8 Å². The molecule has 0 saturated heterocycles. The minimum absolute atomic E-state index is 0.0358. The van der Waals surface area contributed by atoms with Gasteiger partial charge in [0.15, 0.2) is 4.90 Å². The minimum atomic E-state index is -4.05. The van der Waals surface area contributed by atoms with E-state index in [2.05, 4.69) is 10.2 Å². The van der Waals surface area contributed by atoms with Crippen LogP contribution >= 0.6 is 0 Å². The Morgan fingerprint density at radius 2 is 1.80 bits per heavy atom. The highest BCUT2D eigenvalue weighted by atomic mass is 32.2. The van der Waals surface area contributed by atoms with Gasteiger partial charge in [0.2, 0.25) is 0 Å². The number of hydrogen-bond acceptors (Lipinski definition) is 6. The third-order valence-corrected chi connectivity index (χ3v) is 6.12. The Kier molecular flexibility index (Phi) is 4.15. The normalized spacial score (nSPS) is 15.6. The lowest BCUT2D eigenvalue weighted by atomic mass is 10.2. The molecule has 0 unspecified atom stereocenters. The van der Waals surface area contributed by atoms with Gasteiger partial charge in [0.25, 0.3) is 15.6 Å². The van der Waals surface area contributed by atoms with Gasteiger partial charge in [-0.3, -0.25) is 9.36 Å². The van der Waals surface area contributed by atoms with Crippen LogP contribution in [0.3, 0.4) is 0 Å². The van der Waals surface area contributed by atoms with Crippen LogP contribution in [0.15, 0.2) is 20.7 Å². The summed E-state index contributed by atoms with van der Waals surface area (Å²) in [6, 6.07) is 0. The van der Waals surface area contributed by atoms with Crippen LogP contribution in [0.25, 0.3) is 0 Å². The predicted molar refractivity (Wildman–Crippen MR) is 88.6 cm³/mol. The molecule has 0 saturated carbocycles. The maximum Gasteiger partial charge on any atom is 0.330 e. The molecule has 0 fully saturated rings. The highest BCUT2D eigenvalue weighted by Gasteiger charge is 2.33. The first kappa shape index (κ1) is 17.5. The molecule has 3 heterocycles. The van der Waals surface area contributed by atoms with Crippen LogP contribution in [0.4, 0.5) is 0 Å². The van der Waals surface area contributed by atoms with E-state index in [-0.39, 0.29) is 19.0 Å². The van der Waals surface area contributed by atoms with E-state index in [1.54, 1.807) is 0 Å². The Labute approximate surface area is 144 Å². The van der Waals surface area contributed by atoms with Crippen molar-refractivity contribution in [2.75, 3.05) is 6.54 Å². The van der Waals surface area contributed by atoms with Crippen LogP contribution in [-0.4, -0.2) is 43.2 Å². The number of aromatic nitrogens is 5. The van der Waals surface area contributed by atoms with Gasteiger partial charge in [-0.2, -0.15) is 4.31 Å². The lowest BCUT2D eigenvalue weighted by molar-refractivity contribution is 0.329. The molecule has 0 bridgehead atoms. The maximum absolute atomic E-state index is 12.9. The first-order chi connectivity index (χ1) is 11.6. The van der Waals surface area contributed by atoms with Crippen LogP contribution in [0.5, 0.6) is 0 Å². The van der Waals surface area contributed by atoms with Crippen LogP contribution in [0.1, 0.15) is 31.4 Å². The number of aryl methyl sites for hydroxylation is 1. The molecule has 2 aromatic heterocycles. The molecule has 0 atom stereocenters. The quantitative estimate of drug-likeness (QED) is 0.687. The second-order valence-corrected chi connectivity index (χ2v) is 8.28. The zero-order chi connectivity index (χ0) is 18.5. The third kappa shape index (κ3) is 2.72. The number of fused-ring (bicyclic) bond motifs is 1. The molecule has 1 aliphatic rings. The topological polar surface area (TPSA) is 112 Å². The Balaban J connectivity index is 2.03. The van der Waals surface area contributed by atoms with Crippen LogP contribution in [0, 0.1) is 0 Å². The van der Waals surface area contributed by atoms with E-state index < -0.39 is 26.2 Å². The summed E-state index contributed by atoms with van der Waals surface area (Å²) in [5.41, 5.74) is -1.41. The summed E-state index contributed by atoms with van der Waals surface area (Å²) in [5.74, 6) is 1.53. The average molecular weight is 368 g/mol. The van der Waals surface area contributed by atoms with Gasteiger partial charge < -0.3 is 9.13 Å². The minimum Gasteiger partial charge on any atom is -0.312 e. The van der Waals surface area contributed by atoms with Crippen LogP contribution < -0.4 is 11.2 Å². The SMILES string of the molecule is CC(C)c1nnc2n1CCN(S(=O)(=O)c1cn(C)c(=O)n(C)c1=O)C2. The zero-order valence-corrected chi connectivity index (χ0v) is 15.3. The molecule has 0 radical (unpaired) electrons. The standard InChI is InChI=1S/C14H20N6O4S/c1-9(2)12-16-15-11-8-19(5-6-20(11)12)25(23,24)10-7-17(3)14(22)18(4)13(10)21/h7,9H,5-6,8H2,1-4H3. The molecule has 3 rings (SSSR count). The van der Waals surface area contributed by atoms with Crippen molar-refractivity contribution in [2.45, 2.75) is 37.8 Å². The van der Waals surface area contributed by atoms with Crippen molar-refractivity contribution >= 4 is 10.0 Å². The van der Waals surface area contributed by atoms with Gasteiger partial charge in [0, 0.05) is 39.3 Å². The Hall–Kier alpha value is -2.27. The van der Waals surface area contributed by atoms with Crippen LogP contribution in [-0.2, 0) is 37.2 Å². The summed E-state index contributed by atoms with van der Waals surface area (Å²) < 4.78 is 30.8. The van der Waals surface area contributed by atoms with E-state index in [9.17, 15) is 18.0 Å². The summed E-state index contributed by atoms with van der Waals surface area (Å²) in [6.45, 7) is 4.65. The lowest BCUT2D eigenvalue weighted by Gasteiger charge is -2.27. The van der Waals surface area contributed by atoms with E-state index in [1.165, 1.54) is 18.4 Å². The van der Waals surface area contributed by atoms with Crippen molar-refractivity contribution in [1.82, 2.24) is 28.2 Å². The fraction of sp³-hybridized carbons (Fsp3) is 0.571. The zero-order valence-electron chi connectivity index (χ0n) is 14.5. The van der Waals surface area contributed by atoms with Crippen molar-refractivity contribution in [2.24, 2.45) is 14.1 Å². The number of rotatable bonds is 3. The maximum atomic E-state index is 12.9. The molecule has 11 heteroatoms.